The molecule has 0 aromatic heterocycles. The van der Waals surface area contributed by atoms with Gasteiger partial charge in [0.1, 0.15) is 5.75 Å². The van der Waals surface area contributed by atoms with Crippen LogP contribution in [0.25, 0.3) is 0 Å². The molecular formula is C24H25F3N4O3. The summed E-state index contributed by atoms with van der Waals surface area (Å²) in [5, 5.41) is 8.28. The number of hydrogen-bond donors (Lipinski definition) is 0. The predicted octanol–water partition coefficient (Wildman–Crippen LogP) is 4.19. The Bertz CT molecular complexity index is 1050. The summed E-state index contributed by atoms with van der Waals surface area (Å²) in [4.78, 5) is 29.5. The van der Waals surface area contributed by atoms with E-state index >= 15 is 0 Å². The molecule has 3 aliphatic heterocycles. The number of ether oxygens (including phenoxy) is 1. The van der Waals surface area contributed by atoms with Gasteiger partial charge in [0, 0.05) is 68.2 Å². The number of azo groups is 1. The first kappa shape index (κ1) is 22.6. The van der Waals surface area contributed by atoms with Crippen LogP contribution in [-0.2, 0) is 4.79 Å². The van der Waals surface area contributed by atoms with E-state index in [4.69, 9.17) is 0 Å². The summed E-state index contributed by atoms with van der Waals surface area (Å²) < 4.78 is 40.6. The maximum absolute atomic E-state index is 13.1. The summed E-state index contributed by atoms with van der Waals surface area (Å²) in [6.07, 6.45) is 0.891. The number of nitrogens with zero attached hydrogens (tertiary/aromatic N) is 4. The van der Waals surface area contributed by atoms with Crippen molar-refractivity contribution in [3.05, 3.63) is 53.4 Å². The Kier molecular flexibility index (Phi) is 5.91. The third-order valence-corrected chi connectivity index (χ3v) is 7.08. The number of alkyl halides is 3. The van der Waals surface area contributed by atoms with Gasteiger partial charge in [-0.1, -0.05) is 0 Å². The van der Waals surface area contributed by atoms with Crippen molar-refractivity contribution in [3.8, 4) is 5.75 Å². The standard InChI is InChI=1S/C24H25F3N4O3/c25-24(26,27)34-20-5-3-15(4-6-20)22(32)7-8-30-11-18-13-31(14-19(18)12-30)23(33)16-1-2-17-10-28-29-21(17)9-16/h3-8,16,18-19H,1-2,9-14H2/b8-7+/t16-,18-,19-/m1/s1. The third-order valence-electron chi connectivity index (χ3n) is 7.08. The number of amides is 1. The molecule has 0 saturated carbocycles. The number of carbonyl (C=O) groups is 2. The van der Waals surface area contributed by atoms with Crippen molar-refractivity contribution >= 4 is 11.7 Å². The fourth-order valence-corrected chi connectivity index (χ4v) is 5.35. The summed E-state index contributed by atoms with van der Waals surface area (Å²) in [6, 6.07) is 4.87. The highest BCUT2D eigenvalue weighted by Gasteiger charge is 2.42. The number of likely N-dealkylation sites (tertiary alicyclic amines) is 2. The van der Waals surface area contributed by atoms with Crippen LogP contribution < -0.4 is 4.74 Å². The molecule has 1 aromatic carbocycles. The van der Waals surface area contributed by atoms with Crippen molar-refractivity contribution in [1.82, 2.24) is 9.80 Å². The molecule has 1 aliphatic carbocycles. The van der Waals surface area contributed by atoms with Crippen LogP contribution in [0.5, 0.6) is 5.75 Å². The van der Waals surface area contributed by atoms with Crippen LogP contribution in [0, 0.1) is 17.8 Å². The van der Waals surface area contributed by atoms with Gasteiger partial charge >= 0.3 is 6.36 Å². The zero-order valence-electron chi connectivity index (χ0n) is 18.5. The highest BCUT2D eigenvalue weighted by atomic mass is 19.4. The summed E-state index contributed by atoms with van der Waals surface area (Å²) in [6.45, 7) is 3.68. The van der Waals surface area contributed by atoms with Crippen LogP contribution >= 0.6 is 0 Å². The number of hydrogen-bond acceptors (Lipinski definition) is 6. The Hall–Kier alpha value is -3.17. The van der Waals surface area contributed by atoms with Crippen LogP contribution in [0.15, 0.2) is 58.0 Å². The van der Waals surface area contributed by atoms with E-state index < -0.39 is 6.36 Å². The zero-order chi connectivity index (χ0) is 23.9. The monoisotopic (exact) mass is 474 g/mol. The topological polar surface area (TPSA) is 74.6 Å². The van der Waals surface area contributed by atoms with Gasteiger partial charge in [-0.05, 0) is 42.7 Å². The average Bonchev–Trinajstić information content (AvgIpc) is 3.50. The Morgan fingerprint density at radius 3 is 2.44 bits per heavy atom. The largest absolute Gasteiger partial charge is 0.573 e. The minimum atomic E-state index is -4.76. The molecule has 180 valence electrons. The molecule has 3 heterocycles. The minimum Gasteiger partial charge on any atom is -0.406 e. The molecule has 1 aromatic rings. The maximum Gasteiger partial charge on any atom is 0.573 e. The molecule has 0 radical (unpaired) electrons. The van der Waals surface area contributed by atoms with Crippen LogP contribution in [0.2, 0.25) is 0 Å². The van der Waals surface area contributed by atoms with E-state index in [2.05, 4.69) is 19.9 Å². The summed E-state index contributed by atoms with van der Waals surface area (Å²) in [5.74, 6) is 0.300. The Morgan fingerprint density at radius 1 is 1.06 bits per heavy atom. The molecule has 0 bridgehead atoms. The van der Waals surface area contributed by atoms with Crippen molar-refractivity contribution in [3.63, 3.8) is 0 Å². The molecule has 0 unspecified atom stereocenters. The van der Waals surface area contributed by atoms with E-state index in [0.717, 1.165) is 56.9 Å². The number of fused-ring (bicyclic) bond motifs is 1. The Morgan fingerprint density at radius 2 is 1.76 bits per heavy atom. The number of allylic oxidation sites excluding steroid dienone is 2. The van der Waals surface area contributed by atoms with Gasteiger partial charge in [0.2, 0.25) is 5.91 Å². The second-order valence-corrected chi connectivity index (χ2v) is 9.36. The molecule has 2 fully saturated rings. The first-order chi connectivity index (χ1) is 16.2. The smallest absolute Gasteiger partial charge is 0.406 e. The van der Waals surface area contributed by atoms with Gasteiger partial charge < -0.3 is 14.5 Å². The summed E-state index contributed by atoms with van der Waals surface area (Å²) >= 11 is 0. The van der Waals surface area contributed by atoms with E-state index in [1.165, 1.54) is 23.8 Å². The molecule has 34 heavy (non-hydrogen) atoms. The maximum atomic E-state index is 13.1. The normalized spacial score (nSPS) is 26.4. The number of halogens is 3. The molecule has 2 saturated heterocycles. The van der Waals surface area contributed by atoms with Gasteiger partial charge in [0.05, 0.1) is 12.2 Å². The molecule has 10 heteroatoms. The van der Waals surface area contributed by atoms with Crippen LogP contribution in [-0.4, -0.2) is 60.6 Å². The van der Waals surface area contributed by atoms with Crippen LogP contribution in [0.4, 0.5) is 13.2 Å². The number of rotatable bonds is 5. The minimum absolute atomic E-state index is 0.00355. The van der Waals surface area contributed by atoms with E-state index in [0.29, 0.717) is 24.8 Å². The van der Waals surface area contributed by atoms with E-state index in [-0.39, 0.29) is 28.9 Å². The lowest BCUT2D eigenvalue weighted by molar-refractivity contribution is -0.274. The van der Waals surface area contributed by atoms with E-state index in [1.807, 2.05) is 4.90 Å². The summed E-state index contributed by atoms with van der Waals surface area (Å²) in [7, 11) is 0. The van der Waals surface area contributed by atoms with Crippen molar-refractivity contribution in [1.29, 1.82) is 0 Å². The number of carbonyl (C=O) groups excluding carboxylic acids is 2. The molecule has 1 amide bonds. The molecule has 3 atom stereocenters. The van der Waals surface area contributed by atoms with Crippen molar-refractivity contribution in [2.75, 3.05) is 32.7 Å². The van der Waals surface area contributed by atoms with Crippen molar-refractivity contribution in [2.45, 2.75) is 25.6 Å². The van der Waals surface area contributed by atoms with Gasteiger partial charge in [-0.2, -0.15) is 10.2 Å². The third kappa shape index (κ3) is 4.85. The second kappa shape index (κ2) is 8.88. The van der Waals surface area contributed by atoms with Crippen LogP contribution in [0.3, 0.4) is 0 Å². The van der Waals surface area contributed by atoms with E-state index in [9.17, 15) is 22.8 Å². The van der Waals surface area contributed by atoms with Gasteiger partial charge in [-0.3, -0.25) is 9.59 Å². The van der Waals surface area contributed by atoms with Gasteiger partial charge in [0.15, 0.2) is 5.78 Å². The zero-order valence-corrected chi connectivity index (χ0v) is 18.5. The second-order valence-electron chi connectivity index (χ2n) is 9.36. The SMILES string of the molecule is O=C(/C=C/N1C[C@@H]2CN(C(=O)[C@@H]3CCC4=C(C3)N=NC4)C[C@H]2C1)c1ccc(OC(F)(F)F)cc1. The van der Waals surface area contributed by atoms with Crippen molar-refractivity contribution in [2.24, 2.45) is 28.0 Å². The average molecular weight is 474 g/mol. The first-order valence-corrected chi connectivity index (χ1v) is 11.4. The first-order valence-electron chi connectivity index (χ1n) is 11.4. The Balaban J connectivity index is 1.11. The van der Waals surface area contributed by atoms with Gasteiger partial charge in [0.25, 0.3) is 0 Å². The molecule has 0 spiro atoms. The molecular weight excluding hydrogens is 449 g/mol. The fourth-order valence-electron chi connectivity index (χ4n) is 5.35. The lowest BCUT2D eigenvalue weighted by Gasteiger charge is -2.27. The van der Waals surface area contributed by atoms with Crippen molar-refractivity contribution < 1.29 is 27.5 Å². The molecule has 0 N–H and O–H groups in total. The fraction of sp³-hybridized carbons (Fsp3) is 0.500. The lowest BCUT2D eigenvalue weighted by atomic mass is 9.87. The highest BCUT2D eigenvalue weighted by Crippen LogP contribution is 2.37. The summed E-state index contributed by atoms with van der Waals surface area (Å²) in [5.41, 5.74) is 2.58. The lowest BCUT2D eigenvalue weighted by Crippen LogP contribution is -2.37. The van der Waals surface area contributed by atoms with Crippen LogP contribution in [0.1, 0.15) is 29.6 Å². The quantitative estimate of drug-likeness (QED) is 0.474. The number of benzene rings is 1. The highest BCUT2D eigenvalue weighted by molar-refractivity contribution is 6.04. The van der Waals surface area contributed by atoms with Gasteiger partial charge in [-0.15, -0.1) is 13.2 Å². The van der Waals surface area contributed by atoms with E-state index in [1.54, 1.807) is 6.20 Å². The Labute approximate surface area is 194 Å². The number of ketones is 1. The van der Waals surface area contributed by atoms with Gasteiger partial charge in [-0.25, -0.2) is 0 Å². The molecule has 5 rings (SSSR count). The molecule has 4 aliphatic rings. The predicted molar refractivity (Wildman–Crippen MR) is 116 cm³/mol. The molecule has 7 nitrogen and oxygen atoms in total.